The zero-order valence-electron chi connectivity index (χ0n) is 10.1. The molecule has 0 spiro atoms. The van der Waals surface area contributed by atoms with Crippen molar-refractivity contribution in [2.24, 2.45) is 5.92 Å². The van der Waals surface area contributed by atoms with E-state index in [1.54, 1.807) is 0 Å². The molecule has 17 heavy (non-hydrogen) atoms. The molecule has 1 saturated carbocycles. The predicted octanol–water partition coefficient (Wildman–Crippen LogP) is 1.58. The number of rotatable bonds is 2. The minimum atomic E-state index is 0.0989. The van der Waals surface area contributed by atoms with Crippen LogP contribution in [0.3, 0.4) is 0 Å². The van der Waals surface area contributed by atoms with Crippen molar-refractivity contribution in [3.8, 4) is 0 Å². The monoisotopic (exact) mass is 234 g/mol. The second-order valence-electron chi connectivity index (χ2n) is 5.10. The molecule has 1 aromatic rings. The van der Waals surface area contributed by atoms with E-state index >= 15 is 0 Å². The zero-order valence-corrected chi connectivity index (χ0v) is 10.1. The third-order valence-electron chi connectivity index (χ3n) is 3.63. The summed E-state index contributed by atoms with van der Waals surface area (Å²) in [7, 11) is 0. The molecule has 1 amide bonds. The lowest BCUT2D eigenvalue weighted by molar-refractivity contribution is -0.136. The molecule has 1 unspecified atom stereocenters. The summed E-state index contributed by atoms with van der Waals surface area (Å²) in [6, 6.07) is 0.0989. The number of aryl methyl sites for hydroxylation is 1. The highest BCUT2D eigenvalue weighted by Gasteiger charge is 2.38. The first-order valence-corrected chi connectivity index (χ1v) is 6.45. The highest BCUT2D eigenvalue weighted by atomic mass is 16.2. The molecule has 2 aliphatic rings. The van der Waals surface area contributed by atoms with Crippen LogP contribution in [-0.2, 0) is 4.79 Å². The Bertz CT molecular complexity index is 424. The summed E-state index contributed by atoms with van der Waals surface area (Å²) < 4.78 is 0. The largest absolute Gasteiger partial charge is 0.332 e. The Morgan fingerprint density at radius 1 is 1.35 bits per heavy atom. The molecule has 1 aliphatic heterocycles. The Hall–Kier alpha value is -1.39. The lowest BCUT2D eigenvalue weighted by atomic mass is 10.0. The lowest BCUT2D eigenvalue weighted by Gasteiger charge is -2.34. The molecule has 0 radical (unpaired) electrons. The van der Waals surface area contributed by atoms with Gasteiger partial charge in [-0.05, 0) is 39.0 Å². The zero-order chi connectivity index (χ0) is 11.8. The molecule has 1 saturated heterocycles. The van der Waals surface area contributed by atoms with Crippen molar-refractivity contribution < 1.29 is 4.79 Å². The van der Waals surface area contributed by atoms with Gasteiger partial charge in [0.1, 0.15) is 5.82 Å². The summed E-state index contributed by atoms with van der Waals surface area (Å²) >= 11 is 0. The maximum atomic E-state index is 12.2. The van der Waals surface area contributed by atoms with E-state index in [-0.39, 0.29) is 12.0 Å². The van der Waals surface area contributed by atoms with Crippen LogP contribution in [0.15, 0.2) is 0 Å². The lowest BCUT2D eigenvalue weighted by Crippen LogP contribution is -2.39. The van der Waals surface area contributed by atoms with Gasteiger partial charge in [-0.2, -0.15) is 5.10 Å². The van der Waals surface area contributed by atoms with Crippen LogP contribution >= 0.6 is 0 Å². The number of carbonyl (C=O) groups is 1. The molecule has 5 nitrogen and oxygen atoms in total. The second kappa shape index (κ2) is 4.13. The minimum absolute atomic E-state index is 0.0989. The average molecular weight is 234 g/mol. The van der Waals surface area contributed by atoms with E-state index in [1.807, 2.05) is 11.8 Å². The van der Waals surface area contributed by atoms with Gasteiger partial charge in [-0.25, -0.2) is 4.98 Å². The van der Waals surface area contributed by atoms with E-state index in [4.69, 9.17) is 0 Å². The fraction of sp³-hybridized carbons (Fsp3) is 0.750. The van der Waals surface area contributed by atoms with Gasteiger partial charge in [0.2, 0.25) is 5.91 Å². The molecule has 2 heterocycles. The molecule has 0 bridgehead atoms. The molecule has 1 atom stereocenters. The first kappa shape index (κ1) is 10.7. The number of carbonyl (C=O) groups excluding carboxylic acids is 1. The second-order valence-corrected chi connectivity index (χ2v) is 5.10. The van der Waals surface area contributed by atoms with Crippen LogP contribution < -0.4 is 0 Å². The number of hydrogen-bond donors (Lipinski definition) is 1. The van der Waals surface area contributed by atoms with Crippen LogP contribution in [0, 0.1) is 12.8 Å². The fourth-order valence-electron chi connectivity index (χ4n) is 2.54. The molecule has 3 rings (SSSR count). The smallest absolute Gasteiger partial charge is 0.226 e. The van der Waals surface area contributed by atoms with Crippen LogP contribution in [0.4, 0.5) is 0 Å². The van der Waals surface area contributed by atoms with E-state index in [0.717, 1.165) is 50.3 Å². The number of aromatic nitrogens is 3. The Labute approximate surface area is 101 Å². The number of nitrogens with one attached hydrogen (secondary N) is 1. The fourth-order valence-corrected chi connectivity index (χ4v) is 2.54. The number of H-pyrrole nitrogens is 1. The number of nitrogens with zero attached hydrogens (tertiary/aromatic N) is 3. The van der Waals surface area contributed by atoms with E-state index in [2.05, 4.69) is 15.2 Å². The SMILES string of the molecule is Cc1nc(C2CCCCN2C(=O)C2CC2)n[nH]1. The number of likely N-dealkylation sites (tertiary alicyclic amines) is 1. The van der Waals surface area contributed by atoms with Crippen molar-refractivity contribution in [1.29, 1.82) is 0 Å². The number of aromatic amines is 1. The third-order valence-corrected chi connectivity index (χ3v) is 3.63. The Morgan fingerprint density at radius 2 is 2.18 bits per heavy atom. The van der Waals surface area contributed by atoms with Gasteiger partial charge in [-0.15, -0.1) is 0 Å². The molecular weight excluding hydrogens is 216 g/mol. The van der Waals surface area contributed by atoms with Crippen LogP contribution in [0.2, 0.25) is 0 Å². The van der Waals surface area contributed by atoms with Crippen molar-refractivity contribution >= 4 is 5.91 Å². The minimum Gasteiger partial charge on any atom is -0.332 e. The normalized spacial score (nSPS) is 25.0. The van der Waals surface area contributed by atoms with Crippen molar-refractivity contribution in [3.05, 3.63) is 11.6 Å². The van der Waals surface area contributed by atoms with E-state index < -0.39 is 0 Å². The Morgan fingerprint density at radius 3 is 2.82 bits per heavy atom. The summed E-state index contributed by atoms with van der Waals surface area (Å²) in [5, 5.41) is 7.09. The quantitative estimate of drug-likeness (QED) is 0.845. The summed E-state index contributed by atoms with van der Waals surface area (Å²) in [6.45, 7) is 2.76. The summed E-state index contributed by atoms with van der Waals surface area (Å²) in [6.07, 6.45) is 5.39. The highest BCUT2D eigenvalue weighted by Crippen LogP contribution is 2.36. The molecule has 1 aromatic heterocycles. The molecule has 1 aliphatic carbocycles. The van der Waals surface area contributed by atoms with Crippen molar-refractivity contribution in [2.45, 2.75) is 45.1 Å². The van der Waals surface area contributed by atoms with Gasteiger partial charge in [-0.1, -0.05) is 0 Å². The standard InChI is InChI=1S/C12H18N4O/c1-8-13-11(15-14-8)10-4-2-3-7-16(10)12(17)9-5-6-9/h9-10H,2-7H2,1H3,(H,13,14,15). The Kier molecular flexibility index (Phi) is 2.61. The molecule has 1 N–H and O–H groups in total. The van der Waals surface area contributed by atoms with Crippen LogP contribution in [-0.4, -0.2) is 32.5 Å². The molecule has 92 valence electrons. The predicted molar refractivity (Wildman–Crippen MR) is 62.1 cm³/mol. The van der Waals surface area contributed by atoms with Crippen molar-refractivity contribution in [1.82, 2.24) is 20.1 Å². The Balaban J connectivity index is 1.81. The summed E-state index contributed by atoms with van der Waals surface area (Å²) in [4.78, 5) is 18.6. The van der Waals surface area contributed by atoms with Crippen LogP contribution in [0.25, 0.3) is 0 Å². The molecule has 5 heteroatoms. The maximum absolute atomic E-state index is 12.2. The molecule has 0 aromatic carbocycles. The highest BCUT2D eigenvalue weighted by molar-refractivity contribution is 5.81. The van der Waals surface area contributed by atoms with E-state index in [1.165, 1.54) is 0 Å². The van der Waals surface area contributed by atoms with Gasteiger partial charge in [0.05, 0.1) is 6.04 Å². The van der Waals surface area contributed by atoms with Gasteiger partial charge >= 0.3 is 0 Å². The number of hydrogen-bond acceptors (Lipinski definition) is 3. The first-order valence-electron chi connectivity index (χ1n) is 6.45. The topological polar surface area (TPSA) is 61.9 Å². The summed E-state index contributed by atoms with van der Waals surface area (Å²) in [5.74, 6) is 2.22. The average Bonchev–Trinajstić information content (AvgIpc) is 3.11. The van der Waals surface area contributed by atoms with Gasteiger partial charge in [0, 0.05) is 12.5 Å². The van der Waals surface area contributed by atoms with E-state index in [9.17, 15) is 4.79 Å². The maximum Gasteiger partial charge on any atom is 0.226 e. The van der Waals surface area contributed by atoms with Crippen LogP contribution in [0.1, 0.15) is 49.8 Å². The number of amides is 1. The van der Waals surface area contributed by atoms with Gasteiger partial charge in [0.25, 0.3) is 0 Å². The summed E-state index contributed by atoms with van der Waals surface area (Å²) in [5.41, 5.74) is 0. The van der Waals surface area contributed by atoms with Crippen molar-refractivity contribution in [3.63, 3.8) is 0 Å². The number of piperidine rings is 1. The van der Waals surface area contributed by atoms with Crippen molar-refractivity contribution in [2.75, 3.05) is 6.54 Å². The van der Waals surface area contributed by atoms with E-state index in [0.29, 0.717) is 5.91 Å². The molecule has 2 fully saturated rings. The van der Waals surface area contributed by atoms with Gasteiger partial charge in [-0.3, -0.25) is 9.89 Å². The van der Waals surface area contributed by atoms with Gasteiger partial charge < -0.3 is 4.90 Å². The van der Waals surface area contributed by atoms with Crippen LogP contribution in [0.5, 0.6) is 0 Å². The molecular formula is C12H18N4O. The first-order chi connectivity index (χ1) is 8.25. The van der Waals surface area contributed by atoms with Gasteiger partial charge in [0.15, 0.2) is 5.82 Å². The third kappa shape index (κ3) is 2.06.